The number of carbonyl (C=O) groups is 2. The van der Waals surface area contributed by atoms with E-state index in [0.717, 1.165) is 18.9 Å². The number of nitrogens with one attached hydrogen (secondary N) is 2. The van der Waals surface area contributed by atoms with Crippen molar-refractivity contribution in [2.75, 3.05) is 36.5 Å². The number of aromatic nitrogens is 2. The first-order chi connectivity index (χ1) is 12.0. The van der Waals surface area contributed by atoms with Crippen molar-refractivity contribution in [3.05, 3.63) is 40.8 Å². The molecule has 1 amide bonds. The van der Waals surface area contributed by atoms with Crippen LogP contribution < -0.4 is 10.2 Å². The number of carbonyl (C=O) groups excluding carboxylic acids is 2. The van der Waals surface area contributed by atoms with Crippen LogP contribution in [0.4, 0.5) is 11.5 Å². The van der Waals surface area contributed by atoms with E-state index in [1.165, 1.54) is 6.92 Å². The molecule has 25 heavy (non-hydrogen) atoms. The number of Topliss-reactive ketones (excluding diaryl/α,β-unsaturated/α-hetero) is 1. The first-order valence-electron chi connectivity index (χ1n) is 8.27. The number of morpholine rings is 1. The summed E-state index contributed by atoms with van der Waals surface area (Å²) in [5.41, 5.74) is 2.96. The minimum Gasteiger partial charge on any atom is -0.378 e. The standard InChI is InChI=1S/C18H22N4O3/c1-11-16(13(3)23)12(2)20-17(11)18(24)21-14-4-5-15(19-10-14)22-6-8-25-9-7-22/h4-5,10,20H,6-9H2,1-3H3,(H,21,24). The summed E-state index contributed by atoms with van der Waals surface area (Å²) in [5.74, 6) is 0.530. The van der Waals surface area contributed by atoms with Crippen molar-refractivity contribution in [1.82, 2.24) is 9.97 Å². The fourth-order valence-corrected chi connectivity index (χ4v) is 3.14. The lowest BCUT2D eigenvalue weighted by atomic mass is 10.1. The molecule has 2 aromatic heterocycles. The SMILES string of the molecule is CC(=O)c1c(C)[nH]c(C(=O)Nc2ccc(N3CCOCC3)nc2)c1C. The van der Waals surface area contributed by atoms with Crippen molar-refractivity contribution in [1.29, 1.82) is 0 Å². The van der Waals surface area contributed by atoms with Gasteiger partial charge in [0.25, 0.3) is 5.91 Å². The van der Waals surface area contributed by atoms with E-state index in [-0.39, 0.29) is 11.7 Å². The number of hydrogen-bond acceptors (Lipinski definition) is 5. The number of nitrogens with zero attached hydrogens (tertiary/aromatic N) is 2. The van der Waals surface area contributed by atoms with Crippen LogP contribution in [0.15, 0.2) is 18.3 Å². The molecule has 0 aliphatic carbocycles. The Morgan fingerprint density at radius 2 is 1.96 bits per heavy atom. The third-order valence-electron chi connectivity index (χ3n) is 4.36. The highest BCUT2D eigenvalue weighted by molar-refractivity contribution is 6.07. The molecule has 1 aliphatic heterocycles. The van der Waals surface area contributed by atoms with E-state index in [2.05, 4.69) is 20.2 Å². The Kier molecular flexibility index (Phi) is 4.85. The van der Waals surface area contributed by atoms with Crippen molar-refractivity contribution < 1.29 is 14.3 Å². The average molecular weight is 342 g/mol. The molecule has 0 bridgehead atoms. The van der Waals surface area contributed by atoms with E-state index >= 15 is 0 Å². The van der Waals surface area contributed by atoms with Crippen molar-refractivity contribution >= 4 is 23.2 Å². The summed E-state index contributed by atoms with van der Waals surface area (Å²) in [6.07, 6.45) is 1.64. The van der Waals surface area contributed by atoms with E-state index < -0.39 is 0 Å². The van der Waals surface area contributed by atoms with Crippen LogP contribution in [0.5, 0.6) is 0 Å². The zero-order chi connectivity index (χ0) is 18.0. The summed E-state index contributed by atoms with van der Waals surface area (Å²) < 4.78 is 5.33. The van der Waals surface area contributed by atoms with Gasteiger partial charge in [-0.2, -0.15) is 0 Å². The molecule has 0 unspecified atom stereocenters. The normalized spacial score (nSPS) is 14.4. The minimum atomic E-state index is -0.283. The molecule has 0 aromatic carbocycles. The number of pyridine rings is 1. The quantitative estimate of drug-likeness (QED) is 0.833. The van der Waals surface area contributed by atoms with Crippen molar-refractivity contribution in [3.8, 4) is 0 Å². The number of anilines is 2. The Morgan fingerprint density at radius 1 is 1.24 bits per heavy atom. The predicted octanol–water partition coefficient (Wildman–Crippen LogP) is 2.32. The van der Waals surface area contributed by atoms with Crippen LogP contribution in [0, 0.1) is 13.8 Å². The van der Waals surface area contributed by atoms with Gasteiger partial charge in [-0.05, 0) is 38.5 Å². The van der Waals surface area contributed by atoms with E-state index in [4.69, 9.17) is 4.74 Å². The zero-order valence-corrected chi connectivity index (χ0v) is 14.7. The molecule has 2 N–H and O–H groups in total. The predicted molar refractivity (Wildman–Crippen MR) is 95.5 cm³/mol. The van der Waals surface area contributed by atoms with Crippen molar-refractivity contribution in [3.63, 3.8) is 0 Å². The second-order valence-electron chi connectivity index (χ2n) is 6.14. The van der Waals surface area contributed by atoms with Gasteiger partial charge in [-0.1, -0.05) is 0 Å². The molecular weight excluding hydrogens is 320 g/mol. The fourth-order valence-electron chi connectivity index (χ4n) is 3.14. The molecule has 1 fully saturated rings. The Bertz CT molecular complexity index is 789. The van der Waals surface area contributed by atoms with Gasteiger partial charge in [0.2, 0.25) is 0 Å². The molecule has 3 heterocycles. The monoisotopic (exact) mass is 342 g/mol. The Labute approximate surface area is 146 Å². The fraction of sp³-hybridized carbons (Fsp3) is 0.389. The molecular formula is C18H22N4O3. The van der Waals surface area contributed by atoms with Crippen LogP contribution in [-0.4, -0.2) is 48.0 Å². The van der Waals surface area contributed by atoms with Gasteiger partial charge >= 0.3 is 0 Å². The summed E-state index contributed by atoms with van der Waals surface area (Å²) in [4.78, 5) is 33.8. The summed E-state index contributed by atoms with van der Waals surface area (Å²) in [6.45, 7) is 8.09. The topological polar surface area (TPSA) is 87.3 Å². The van der Waals surface area contributed by atoms with Gasteiger partial charge < -0.3 is 19.9 Å². The molecule has 0 spiro atoms. The maximum Gasteiger partial charge on any atom is 0.272 e. The molecule has 7 nitrogen and oxygen atoms in total. The molecule has 2 aromatic rings. The number of hydrogen-bond donors (Lipinski definition) is 2. The van der Waals surface area contributed by atoms with E-state index in [1.807, 2.05) is 12.1 Å². The van der Waals surface area contributed by atoms with E-state index in [9.17, 15) is 9.59 Å². The first-order valence-corrected chi connectivity index (χ1v) is 8.27. The lowest BCUT2D eigenvalue weighted by Crippen LogP contribution is -2.36. The van der Waals surface area contributed by atoms with E-state index in [0.29, 0.717) is 41.4 Å². The Hall–Kier alpha value is -2.67. The lowest BCUT2D eigenvalue weighted by Gasteiger charge is -2.27. The maximum atomic E-state index is 12.5. The molecule has 132 valence electrons. The smallest absolute Gasteiger partial charge is 0.272 e. The Morgan fingerprint density at radius 3 is 2.52 bits per heavy atom. The minimum absolute atomic E-state index is 0.0539. The van der Waals surface area contributed by atoms with Gasteiger partial charge in [0.1, 0.15) is 11.5 Å². The molecule has 0 atom stereocenters. The average Bonchev–Trinajstić information content (AvgIpc) is 2.91. The molecule has 1 saturated heterocycles. The summed E-state index contributed by atoms with van der Waals surface area (Å²) in [6, 6.07) is 3.71. The van der Waals surface area contributed by atoms with Crippen molar-refractivity contribution in [2.24, 2.45) is 0 Å². The third-order valence-corrected chi connectivity index (χ3v) is 4.36. The number of ether oxygens (including phenoxy) is 1. The maximum absolute atomic E-state index is 12.5. The number of aromatic amines is 1. The summed E-state index contributed by atoms with van der Waals surface area (Å²) in [5, 5.41) is 2.82. The molecule has 3 rings (SSSR count). The van der Waals surface area contributed by atoms with Gasteiger partial charge in [-0.3, -0.25) is 9.59 Å². The highest BCUT2D eigenvalue weighted by atomic mass is 16.5. The van der Waals surface area contributed by atoms with Gasteiger partial charge in [0, 0.05) is 24.3 Å². The second kappa shape index (κ2) is 7.06. The first kappa shape index (κ1) is 17.2. The van der Waals surface area contributed by atoms with Crippen molar-refractivity contribution in [2.45, 2.75) is 20.8 Å². The van der Waals surface area contributed by atoms with Gasteiger partial charge in [0.05, 0.1) is 25.1 Å². The second-order valence-corrected chi connectivity index (χ2v) is 6.14. The van der Waals surface area contributed by atoms with Gasteiger partial charge in [0.15, 0.2) is 5.78 Å². The molecule has 0 saturated carbocycles. The zero-order valence-electron chi connectivity index (χ0n) is 14.7. The molecule has 7 heteroatoms. The summed E-state index contributed by atoms with van der Waals surface area (Å²) >= 11 is 0. The number of ketones is 1. The largest absolute Gasteiger partial charge is 0.378 e. The Balaban J connectivity index is 1.73. The third kappa shape index (κ3) is 3.56. The van der Waals surface area contributed by atoms with E-state index in [1.54, 1.807) is 20.0 Å². The van der Waals surface area contributed by atoms with Gasteiger partial charge in [-0.25, -0.2) is 4.98 Å². The van der Waals surface area contributed by atoms with Crippen LogP contribution in [0.25, 0.3) is 0 Å². The number of aryl methyl sites for hydroxylation is 1. The van der Waals surface area contributed by atoms with Crippen LogP contribution >= 0.6 is 0 Å². The highest BCUT2D eigenvalue weighted by Gasteiger charge is 2.20. The van der Waals surface area contributed by atoms with Crippen LogP contribution in [0.1, 0.15) is 39.0 Å². The lowest BCUT2D eigenvalue weighted by molar-refractivity contribution is 0.101. The number of rotatable bonds is 4. The molecule has 0 radical (unpaired) electrons. The van der Waals surface area contributed by atoms with Gasteiger partial charge in [-0.15, -0.1) is 0 Å². The van der Waals surface area contributed by atoms with Crippen LogP contribution in [-0.2, 0) is 4.74 Å². The molecule has 1 aliphatic rings. The van der Waals surface area contributed by atoms with Crippen LogP contribution in [0.2, 0.25) is 0 Å². The van der Waals surface area contributed by atoms with Crippen LogP contribution in [0.3, 0.4) is 0 Å². The highest BCUT2D eigenvalue weighted by Crippen LogP contribution is 2.20. The number of H-pyrrole nitrogens is 1. The number of amides is 1. The summed E-state index contributed by atoms with van der Waals surface area (Å²) in [7, 11) is 0.